The fourth-order valence-electron chi connectivity index (χ4n) is 6.52. The second-order valence-corrected chi connectivity index (χ2v) is 10.4. The van der Waals surface area contributed by atoms with Crippen molar-refractivity contribution in [3.63, 3.8) is 0 Å². The molecule has 3 aliphatic rings. The number of aliphatic hydroxyl groups is 4. The van der Waals surface area contributed by atoms with Crippen LogP contribution in [0.15, 0.2) is 65.1 Å². The highest BCUT2D eigenvalue weighted by Gasteiger charge is 2.67. The van der Waals surface area contributed by atoms with E-state index in [9.17, 15) is 44.3 Å². The van der Waals surface area contributed by atoms with Gasteiger partial charge in [-0.1, -0.05) is 24.3 Å². The summed E-state index contributed by atoms with van der Waals surface area (Å²) in [5.41, 5.74) is 1.66. The first-order chi connectivity index (χ1) is 18.3. The summed E-state index contributed by atoms with van der Waals surface area (Å²) in [6, 6.07) is 8.52. The highest BCUT2D eigenvalue weighted by atomic mass is 19.1. The third-order valence-corrected chi connectivity index (χ3v) is 8.17. The molecule has 0 bridgehead atoms. The van der Waals surface area contributed by atoms with Crippen LogP contribution in [0.3, 0.4) is 0 Å². The number of phenols is 1. The van der Waals surface area contributed by atoms with Crippen LogP contribution in [0.4, 0.5) is 4.39 Å². The molecule has 7 N–H and O–H groups in total. The molecule has 39 heavy (non-hydrogen) atoms. The topological polar surface area (TPSA) is 182 Å². The van der Waals surface area contributed by atoms with E-state index in [1.165, 1.54) is 55.4 Å². The maximum Gasteiger partial charge on any atom is 0.255 e. The summed E-state index contributed by atoms with van der Waals surface area (Å²) in [4.78, 5) is 40.7. The van der Waals surface area contributed by atoms with E-state index in [1.807, 2.05) is 0 Å². The van der Waals surface area contributed by atoms with Crippen LogP contribution in [-0.4, -0.2) is 79.7 Å². The second-order valence-electron chi connectivity index (χ2n) is 10.4. The normalized spacial score (nSPS) is 30.3. The molecule has 0 aliphatic heterocycles. The van der Waals surface area contributed by atoms with E-state index in [-0.39, 0.29) is 12.0 Å². The van der Waals surface area contributed by atoms with E-state index in [0.717, 1.165) is 0 Å². The number of primary amides is 1. The second kappa shape index (κ2) is 9.01. The quantitative estimate of drug-likeness (QED) is 0.310. The monoisotopic (exact) mass is 538 g/mol. The van der Waals surface area contributed by atoms with Crippen LogP contribution in [0.5, 0.6) is 5.75 Å². The molecule has 1 amide bonds. The smallest absolute Gasteiger partial charge is 0.255 e. The Bertz CT molecular complexity index is 1480. The molecule has 0 aromatic heterocycles. The highest BCUT2D eigenvalue weighted by Crippen LogP contribution is 2.56. The SMILES string of the molecule is CN(C)[C@@H]1C(O)=C(C(N)=O)C(=O)[C@@]2(O)C(O)=C3C(=O)c4c(O)cccc4C(Cc4ccc(F)cc4)[C@H]3[C@H](O)[C@@H]12. The average Bonchev–Trinajstić information content (AvgIpc) is 2.86. The van der Waals surface area contributed by atoms with Gasteiger partial charge in [0.2, 0.25) is 5.78 Å². The minimum atomic E-state index is -2.99. The van der Waals surface area contributed by atoms with E-state index in [1.54, 1.807) is 6.07 Å². The van der Waals surface area contributed by atoms with Gasteiger partial charge in [-0.05, 0) is 55.8 Å². The molecule has 2 aromatic rings. The third kappa shape index (κ3) is 3.61. The Morgan fingerprint density at radius 3 is 2.31 bits per heavy atom. The molecule has 0 saturated heterocycles. The number of phenolic OH excluding ortho intramolecular Hbond substituents is 1. The molecule has 1 unspecified atom stereocenters. The van der Waals surface area contributed by atoms with E-state index >= 15 is 0 Å². The van der Waals surface area contributed by atoms with Gasteiger partial charge in [-0.15, -0.1) is 0 Å². The molecular formula is C28H27FN2O8. The van der Waals surface area contributed by atoms with E-state index in [0.29, 0.717) is 11.1 Å². The van der Waals surface area contributed by atoms with Crippen LogP contribution in [0.1, 0.15) is 27.4 Å². The van der Waals surface area contributed by atoms with Gasteiger partial charge in [0.25, 0.3) is 5.91 Å². The molecule has 3 aliphatic carbocycles. The number of carbonyl (C=O) groups is 3. The molecule has 0 spiro atoms. The van der Waals surface area contributed by atoms with Crippen molar-refractivity contribution in [3.8, 4) is 5.75 Å². The number of hydrogen-bond donors (Lipinski definition) is 6. The number of likely N-dealkylation sites (N-methyl/N-ethyl adjacent to an activating group) is 1. The zero-order valence-electron chi connectivity index (χ0n) is 21.0. The van der Waals surface area contributed by atoms with E-state index in [2.05, 4.69) is 0 Å². The highest BCUT2D eigenvalue weighted by molar-refractivity contribution is 6.25. The molecule has 0 fully saturated rings. The molecule has 204 valence electrons. The van der Waals surface area contributed by atoms with Crippen molar-refractivity contribution in [2.24, 2.45) is 17.6 Å². The Morgan fingerprint density at radius 1 is 1.08 bits per heavy atom. The lowest BCUT2D eigenvalue weighted by Gasteiger charge is -2.53. The summed E-state index contributed by atoms with van der Waals surface area (Å²) < 4.78 is 13.6. The number of benzene rings is 2. The zero-order chi connectivity index (χ0) is 28.5. The predicted octanol–water partition coefficient (Wildman–Crippen LogP) is 1.01. The molecule has 11 heteroatoms. The van der Waals surface area contributed by atoms with Gasteiger partial charge >= 0.3 is 0 Å². The number of aromatic hydroxyl groups is 1. The maximum absolute atomic E-state index is 13.8. The van der Waals surface area contributed by atoms with Crippen molar-refractivity contribution < 1.29 is 44.3 Å². The van der Waals surface area contributed by atoms with E-state index < -0.39 is 87.2 Å². The predicted molar refractivity (Wildman–Crippen MR) is 134 cm³/mol. The number of fused-ring (bicyclic) bond motifs is 3. The number of nitrogens with two attached hydrogens (primary N) is 1. The van der Waals surface area contributed by atoms with Crippen LogP contribution in [0.25, 0.3) is 0 Å². The van der Waals surface area contributed by atoms with Crippen molar-refractivity contribution in [1.29, 1.82) is 0 Å². The molecule has 0 saturated carbocycles. The Kier molecular flexibility index (Phi) is 6.13. The summed E-state index contributed by atoms with van der Waals surface area (Å²) in [6.07, 6.45) is -1.61. The Morgan fingerprint density at radius 2 is 1.72 bits per heavy atom. The summed E-state index contributed by atoms with van der Waals surface area (Å²) in [5.74, 6) is -10.1. The minimum Gasteiger partial charge on any atom is -0.510 e. The Balaban J connectivity index is 1.80. The van der Waals surface area contributed by atoms with Crippen LogP contribution >= 0.6 is 0 Å². The molecule has 6 atom stereocenters. The molecule has 10 nitrogen and oxygen atoms in total. The lowest BCUT2D eigenvalue weighted by molar-refractivity contribution is -0.162. The molecule has 5 rings (SSSR count). The molecular weight excluding hydrogens is 511 g/mol. The summed E-state index contributed by atoms with van der Waals surface area (Å²) in [5, 5.41) is 56.7. The Hall–Kier alpha value is -4.06. The van der Waals surface area contributed by atoms with Gasteiger partial charge in [0.1, 0.15) is 28.7 Å². The van der Waals surface area contributed by atoms with Crippen LogP contribution < -0.4 is 5.73 Å². The lowest BCUT2D eigenvalue weighted by atomic mass is 9.54. The van der Waals surface area contributed by atoms with Crippen molar-refractivity contribution in [2.75, 3.05) is 14.1 Å². The van der Waals surface area contributed by atoms with Gasteiger partial charge in [0, 0.05) is 11.5 Å². The number of Topliss-reactive ketones (excluding diaryl/α,β-unsaturated/α-hetero) is 2. The Labute approximate surface area is 222 Å². The first kappa shape index (κ1) is 26.5. The number of halogens is 1. The number of nitrogens with zero attached hydrogens (tertiary/aromatic N) is 1. The first-order valence-corrected chi connectivity index (χ1v) is 12.2. The standard InChI is InChI=1S/C28H27FN2O8/c1-31(2)21-20-23(34)17-14(10-11-6-8-12(29)9-7-11)13-4-3-5-15(32)16(13)22(33)18(17)25(36)28(20,39)26(37)19(24(21)35)27(30)38/h3-9,14,17,20-21,23,32,34-36,39H,10H2,1-2H3,(H2,30,38)/t14?,17-,20-,21+,23+,28+/m1/s1. The van der Waals surface area contributed by atoms with Gasteiger partial charge in [0.15, 0.2) is 11.4 Å². The number of carbonyl (C=O) groups excluding carboxylic acids is 3. The minimum absolute atomic E-state index is 0.114. The average molecular weight is 539 g/mol. The summed E-state index contributed by atoms with van der Waals surface area (Å²) in [7, 11) is 2.93. The number of aliphatic hydroxyl groups excluding tert-OH is 3. The van der Waals surface area contributed by atoms with Crippen LogP contribution in [0.2, 0.25) is 0 Å². The lowest BCUT2D eigenvalue weighted by Crippen LogP contribution is -2.68. The number of rotatable bonds is 4. The van der Waals surface area contributed by atoms with Gasteiger partial charge in [0.05, 0.1) is 23.6 Å². The zero-order valence-corrected chi connectivity index (χ0v) is 21.0. The van der Waals surface area contributed by atoms with Gasteiger partial charge in [-0.2, -0.15) is 0 Å². The van der Waals surface area contributed by atoms with E-state index in [4.69, 9.17) is 5.73 Å². The largest absolute Gasteiger partial charge is 0.510 e. The summed E-state index contributed by atoms with van der Waals surface area (Å²) >= 11 is 0. The van der Waals surface area contributed by atoms with Crippen molar-refractivity contribution in [3.05, 3.63) is 87.6 Å². The first-order valence-electron chi connectivity index (χ1n) is 12.2. The number of amides is 1. The van der Waals surface area contributed by atoms with Gasteiger partial charge in [-0.25, -0.2) is 4.39 Å². The van der Waals surface area contributed by atoms with Crippen molar-refractivity contribution in [1.82, 2.24) is 4.90 Å². The number of ketones is 2. The van der Waals surface area contributed by atoms with Crippen LogP contribution in [0, 0.1) is 17.7 Å². The van der Waals surface area contributed by atoms with Gasteiger partial charge < -0.3 is 31.3 Å². The van der Waals surface area contributed by atoms with Crippen molar-refractivity contribution >= 4 is 17.5 Å². The summed E-state index contributed by atoms with van der Waals surface area (Å²) in [6.45, 7) is 0. The molecule has 0 heterocycles. The fraction of sp³-hybridized carbons (Fsp3) is 0.321. The third-order valence-electron chi connectivity index (χ3n) is 8.17. The maximum atomic E-state index is 13.8. The van der Waals surface area contributed by atoms with Gasteiger partial charge in [-0.3, -0.25) is 19.3 Å². The van der Waals surface area contributed by atoms with Crippen molar-refractivity contribution in [2.45, 2.75) is 30.1 Å². The number of hydrogen-bond acceptors (Lipinski definition) is 9. The fourth-order valence-corrected chi connectivity index (χ4v) is 6.52. The molecule has 0 radical (unpaired) electrons. The molecule has 2 aromatic carbocycles. The van der Waals surface area contributed by atoms with Crippen LogP contribution in [-0.2, 0) is 16.0 Å².